The zero-order valence-electron chi connectivity index (χ0n) is 10.2. The second-order valence-electron chi connectivity index (χ2n) is 4.48. The van der Waals surface area contributed by atoms with Gasteiger partial charge in [0.05, 0.1) is 5.02 Å². The molecule has 3 nitrogen and oxygen atoms in total. The molecule has 1 fully saturated rings. The number of rotatable bonds is 2. The van der Waals surface area contributed by atoms with E-state index in [-0.39, 0.29) is 10.9 Å². The molecule has 1 saturated heterocycles. The second-order valence-corrected chi connectivity index (χ2v) is 4.89. The number of hydrogen-bond acceptors (Lipinski definition) is 2. The maximum absolute atomic E-state index is 13.0. The molecule has 0 atom stereocenters. The van der Waals surface area contributed by atoms with Gasteiger partial charge in [-0.1, -0.05) is 11.6 Å². The molecular weight excluding hydrogens is 255 g/mol. The first kappa shape index (κ1) is 13.3. The van der Waals surface area contributed by atoms with Crippen LogP contribution in [0, 0.1) is 5.82 Å². The van der Waals surface area contributed by atoms with Crippen molar-refractivity contribution in [1.82, 2.24) is 10.2 Å². The molecule has 0 bridgehead atoms. The van der Waals surface area contributed by atoms with Crippen LogP contribution in [-0.2, 0) is 0 Å². The van der Waals surface area contributed by atoms with Gasteiger partial charge in [0, 0.05) is 24.7 Å². The van der Waals surface area contributed by atoms with Gasteiger partial charge in [0.25, 0.3) is 5.91 Å². The van der Waals surface area contributed by atoms with Crippen LogP contribution in [0.25, 0.3) is 0 Å². The Morgan fingerprint density at radius 1 is 1.44 bits per heavy atom. The normalized spacial score (nSPS) is 16.9. The number of amides is 1. The molecule has 0 spiro atoms. The van der Waals surface area contributed by atoms with Crippen molar-refractivity contribution in [2.75, 3.05) is 20.1 Å². The first-order valence-corrected chi connectivity index (χ1v) is 6.41. The standard InChI is InChI=1S/C13H16ClFN2O/c1-16-10-4-6-17(7-5-10)13(18)9-2-3-12(15)11(14)8-9/h2-3,8,10,16H,4-7H2,1H3. The number of hydrogen-bond donors (Lipinski definition) is 1. The SMILES string of the molecule is CNC1CCN(C(=O)c2ccc(F)c(Cl)c2)CC1. The van der Waals surface area contributed by atoms with E-state index < -0.39 is 5.82 Å². The summed E-state index contributed by atoms with van der Waals surface area (Å²) in [5.74, 6) is -0.575. The van der Waals surface area contributed by atoms with Gasteiger partial charge in [-0.05, 0) is 38.1 Å². The predicted octanol–water partition coefficient (Wildman–Crippen LogP) is 2.30. The van der Waals surface area contributed by atoms with Gasteiger partial charge in [0.1, 0.15) is 5.82 Å². The van der Waals surface area contributed by atoms with Crippen molar-refractivity contribution < 1.29 is 9.18 Å². The lowest BCUT2D eigenvalue weighted by Gasteiger charge is -2.31. The van der Waals surface area contributed by atoms with E-state index in [1.165, 1.54) is 18.2 Å². The Morgan fingerprint density at radius 2 is 2.11 bits per heavy atom. The molecule has 1 aliphatic rings. The van der Waals surface area contributed by atoms with E-state index >= 15 is 0 Å². The smallest absolute Gasteiger partial charge is 0.253 e. The van der Waals surface area contributed by atoms with Gasteiger partial charge >= 0.3 is 0 Å². The van der Waals surface area contributed by atoms with E-state index in [9.17, 15) is 9.18 Å². The average molecular weight is 271 g/mol. The summed E-state index contributed by atoms with van der Waals surface area (Å²) in [5, 5.41) is 3.20. The number of carbonyl (C=O) groups excluding carboxylic acids is 1. The minimum atomic E-state index is -0.498. The number of halogens is 2. The number of likely N-dealkylation sites (tertiary alicyclic amines) is 1. The highest BCUT2D eigenvalue weighted by Crippen LogP contribution is 2.19. The van der Waals surface area contributed by atoms with Crippen LogP contribution in [0.15, 0.2) is 18.2 Å². The van der Waals surface area contributed by atoms with Crippen molar-refractivity contribution in [1.29, 1.82) is 0 Å². The highest BCUT2D eigenvalue weighted by molar-refractivity contribution is 6.31. The van der Waals surface area contributed by atoms with Gasteiger partial charge in [-0.3, -0.25) is 4.79 Å². The van der Waals surface area contributed by atoms with Crippen LogP contribution in [0.3, 0.4) is 0 Å². The lowest BCUT2D eigenvalue weighted by molar-refractivity contribution is 0.0707. The molecule has 1 amide bonds. The second kappa shape index (κ2) is 5.67. The summed E-state index contributed by atoms with van der Waals surface area (Å²) in [7, 11) is 1.93. The van der Waals surface area contributed by atoms with Gasteiger partial charge < -0.3 is 10.2 Å². The summed E-state index contributed by atoms with van der Waals surface area (Å²) in [6, 6.07) is 4.58. The first-order chi connectivity index (χ1) is 8.61. The van der Waals surface area contributed by atoms with Crippen LogP contribution in [0.4, 0.5) is 4.39 Å². The molecule has 1 aromatic rings. The Hall–Kier alpha value is -1.13. The zero-order valence-corrected chi connectivity index (χ0v) is 11.0. The lowest BCUT2D eigenvalue weighted by Crippen LogP contribution is -2.43. The van der Waals surface area contributed by atoms with Crippen molar-refractivity contribution in [2.24, 2.45) is 0 Å². The first-order valence-electron chi connectivity index (χ1n) is 6.03. The molecule has 1 aromatic carbocycles. The third-order valence-corrected chi connectivity index (χ3v) is 3.65. The Bertz CT molecular complexity index is 445. The Labute approximate surface area is 111 Å². The minimum Gasteiger partial charge on any atom is -0.339 e. The quantitative estimate of drug-likeness (QED) is 0.894. The molecule has 0 radical (unpaired) electrons. The van der Waals surface area contributed by atoms with Crippen molar-refractivity contribution >= 4 is 17.5 Å². The molecule has 18 heavy (non-hydrogen) atoms. The van der Waals surface area contributed by atoms with Crippen molar-refractivity contribution in [3.63, 3.8) is 0 Å². The molecule has 0 unspecified atom stereocenters. The third kappa shape index (κ3) is 2.82. The average Bonchev–Trinajstić information content (AvgIpc) is 2.41. The molecule has 5 heteroatoms. The number of nitrogens with zero attached hydrogens (tertiary/aromatic N) is 1. The summed E-state index contributed by atoms with van der Waals surface area (Å²) >= 11 is 5.69. The Morgan fingerprint density at radius 3 is 2.67 bits per heavy atom. The van der Waals surface area contributed by atoms with Gasteiger partial charge in [-0.25, -0.2) is 4.39 Å². The monoisotopic (exact) mass is 270 g/mol. The van der Waals surface area contributed by atoms with Gasteiger partial charge in [-0.2, -0.15) is 0 Å². The summed E-state index contributed by atoms with van der Waals surface area (Å²) in [4.78, 5) is 14.0. The highest BCUT2D eigenvalue weighted by atomic mass is 35.5. The van der Waals surface area contributed by atoms with Crippen molar-refractivity contribution in [3.8, 4) is 0 Å². The van der Waals surface area contributed by atoms with Crippen LogP contribution >= 0.6 is 11.6 Å². The van der Waals surface area contributed by atoms with Crippen molar-refractivity contribution in [3.05, 3.63) is 34.6 Å². The number of piperidine rings is 1. The summed E-state index contributed by atoms with van der Waals surface area (Å²) in [5.41, 5.74) is 0.448. The van der Waals surface area contributed by atoms with E-state index in [4.69, 9.17) is 11.6 Å². The number of nitrogens with one attached hydrogen (secondary N) is 1. The largest absolute Gasteiger partial charge is 0.339 e. The van der Waals surface area contributed by atoms with Gasteiger partial charge in [0.15, 0.2) is 0 Å². The van der Waals surface area contributed by atoms with Crippen LogP contribution < -0.4 is 5.32 Å². The summed E-state index contributed by atoms with van der Waals surface area (Å²) < 4.78 is 13.0. The highest BCUT2D eigenvalue weighted by Gasteiger charge is 2.23. The molecule has 2 rings (SSSR count). The fraction of sp³-hybridized carbons (Fsp3) is 0.462. The number of carbonyl (C=O) groups is 1. The van der Waals surface area contributed by atoms with Crippen LogP contribution in [0.2, 0.25) is 5.02 Å². The molecule has 0 saturated carbocycles. The fourth-order valence-electron chi connectivity index (χ4n) is 2.18. The van der Waals surface area contributed by atoms with E-state index in [2.05, 4.69) is 5.32 Å². The third-order valence-electron chi connectivity index (χ3n) is 3.36. The summed E-state index contributed by atoms with van der Waals surface area (Å²) in [6.07, 6.45) is 1.88. The van der Waals surface area contributed by atoms with Crippen LogP contribution in [0.5, 0.6) is 0 Å². The number of benzene rings is 1. The Balaban J connectivity index is 2.05. The molecule has 0 aromatic heterocycles. The predicted molar refractivity (Wildman–Crippen MR) is 69.4 cm³/mol. The Kier molecular flexibility index (Phi) is 4.19. The molecule has 1 heterocycles. The van der Waals surface area contributed by atoms with E-state index in [1.807, 2.05) is 7.05 Å². The molecule has 0 aliphatic carbocycles. The van der Waals surface area contributed by atoms with E-state index in [0.717, 1.165) is 25.9 Å². The van der Waals surface area contributed by atoms with Crippen molar-refractivity contribution in [2.45, 2.75) is 18.9 Å². The van der Waals surface area contributed by atoms with E-state index in [1.54, 1.807) is 4.90 Å². The fourth-order valence-corrected chi connectivity index (χ4v) is 2.36. The molecule has 1 N–H and O–H groups in total. The maximum atomic E-state index is 13.0. The molecule has 1 aliphatic heterocycles. The molecular formula is C13H16ClFN2O. The topological polar surface area (TPSA) is 32.3 Å². The van der Waals surface area contributed by atoms with Crippen LogP contribution in [-0.4, -0.2) is 37.0 Å². The van der Waals surface area contributed by atoms with Gasteiger partial charge in [0.2, 0.25) is 0 Å². The maximum Gasteiger partial charge on any atom is 0.253 e. The lowest BCUT2D eigenvalue weighted by atomic mass is 10.0. The minimum absolute atomic E-state index is 0.00837. The van der Waals surface area contributed by atoms with Gasteiger partial charge in [-0.15, -0.1) is 0 Å². The van der Waals surface area contributed by atoms with Crippen LogP contribution in [0.1, 0.15) is 23.2 Å². The zero-order chi connectivity index (χ0) is 13.1. The van der Waals surface area contributed by atoms with E-state index in [0.29, 0.717) is 11.6 Å². The summed E-state index contributed by atoms with van der Waals surface area (Å²) in [6.45, 7) is 1.44. The molecule has 98 valence electrons.